The van der Waals surface area contributed by atoms with Gasteiger partial charge < -0.3 is 9.84 Å². The highest BCUT2D eigenvalue weighted by atomic mass is 32.1. The van der Waals surface area contributed by atoms with Crippen LogP contribution in [-0.4, -0.2) is 10.1 Å². The van der Waals surface area contributed by atoms with Crippen LogP contribution in [-0.2, 0) is 12.2 Å². The van der Waals surface area contributed by atoms with Crippen molar-refractivity contribution in [1.29, 1.82) is 0 Å². The lowest BCUT2D eigenvalue weighted by atomic mass is 9.91. The molecule has 0 amide bonds. The third-order valence-corrected chi connectivity index (χ3v) is 5.79. The number of nitrogens with zero attached hydrogens (tertiary/aromatic N) is 1. The summed E-state index contributed by atoms with van der Waals surface area (Å²) in [5.74, 6) is -0.0685. The van der Waals surface area contributed by atoms with Crippen molar-refractivity contribution in [3.63, 3.8) is 0 Å². The van der Waals surface area contributed by atoms with Crippen LogP contribution in [0.1, 0.15) is 29.5 Å². The molecule has 0 aliphatic carbocycles. The molecule has 0 aliphatic rings. The Bertz CT molecular complexity index is 1100. The summed E-state index contributed by atoms with van der Waals surface area (Å²) in [6.45, 7) is 2.16. The van der Waals surface area contributed by atoms with Crippen molar-refractivity contribution in [1.82, 2.24) is 4.98 Å². The fourth-order valence-electron chi connectivity index (χ4n) is 3.29. The number of halogens is 1. The van der Waals surface area contributed by atoms with Crippen molar-refractivity contribution in [2.45, 2.75) is 25.6 Å². The molecular weight excluding hydrogens is 373 g/mol. The third kappa shape index (κ3) is 3.63. The van der Waals surface area contributed by atoms with Crippen LogP contribution in [0.15, 0.2) is 72.2 Å². The zero-order valence-corrected chi connectivity index (χ0v) is 16.2. The largest absolute Gasteiger partial charge is 0.489 e. The molecule has 0 saturated heterocycles. The summed E-state index contributed by atoms with van der Waals surface area (Å²) in [7, 11) is 0. The molecule has 5 heteroatoms. The lowest BCUT2D eigenvalue weighted by Crippen LogP contribution is -2.26. The van der Waals surface area contributed by atoms with Gasteiger partial charge in [-0.3, -0.25) is 0 Å². The molecule has 28 heavy (non-hydrogen) atoms. The van der Waals surface area contributed by atoms with Gasteiger partial charge in [0.2, 0.25) is 0 Å². The molecule has 1 unspecified atom stereocenters. The molecule has 1 aromatic heterocycles. The minimum atomic E-state index is -1.34. The van der Waals surface area contributed by atoms with Crippen molar-refractivity contribution in [3.8, 4) is 5.75 Å². The molecule has 0 aliphatic heterocycles. The Morgan fingerprint density at radius 1 is 1.07 bits per heavy atom. The molecule has 0 spiro atoms. The molecule has 1 N–H and O–H groups in total. The highest BCUT2D eigenvalue weighted by Gasteiger charge is 2.33. The summed E-state index contributed by atoms with van der Waals surface area (Å²) >= 11 is 1.35. The van der Waals surface area contributed by atoms with E-state index in [1.54, 1.807) is 17.6 Å². The molecule has 0 fully saturated rings. The van der Waals surface area contributed by atoms with Crippen LogP contribution in [0.2, 0.25) is 0 Å². The summed E-state index contributed by atoms with van der Waals surface area (Å²) in [4.78, 5) is 4.22. The van der Waals surface area contributed by atoms with Crippen molar-refractivity contribution < 1.29 is 14.2 Å². The Balaban J connectivity index is 1.60. The lowest BCUT2D eigenvalue weighted by molar-refractivity contribution is 0.0755. The second-order valence-electron chi connectivity index (χ2n) is 6.70. The number of hydrogen-bond acceptors (Lipinski definition) is 4. The van der Waals surface area contributed by atoms with Gasteiger partial charge in [0.15, 0.2) is 0 Å². The Morgan fingerprint density at radius 2 is 1.89 bits per heavy atom. The first-order valence-corrected chi connectivity index (χ1v) is 10.0. The number of thiazole rings is 1. The summed E-state index contributed by atoms with van der Waals surface area (Å²) < 4.78 is 20.1. The molecule has 3 aromatic carbocycles. The monoisotopic (exact) mass is 393 g/mol. The van der Waals surface area contributed by atoms with Crippen LogP contribution in [0, 0.1) is 5.82 Å². The summed E-state index contributed by atoms with van der Waals surface area (Å²) in [6.07, 6.45) is 2.02. The van der Waals surface area contributed by atoms with E-state index in [-0.39, 0.29) is 0 Å². The average molecular weight is 393 g/mol. The number of aliphatic hydroxyl groups is 1. The first-order valence-electron chi connectivity index (χ1n) is 9.12. The van der Waals surface area contributed by atoms with Gasteiger partial charge in [0.05, 0.1) is 0 Å². The van der Waals surface area contributed by atoms with Gasteiger partial charge in [0.1, 0.15) is 28.8 Å². The van der Waals surface area contributed by atoms with E-state index in [1.807, 2.05) is 31.2 Å². The Hall–Kier alpha value is -2.76. The maximum absolute atomic E-state index is 14.3. The van der Waals surface area contributed by atoms with Crippen LogP contribution in [0.3, 0.4) is 0 Å². The summed E-state index contributed by atoms with van der Waals surface area (Å²) in [5, 5.41) is 15.8. The van der Waals surface area contributed by atoms with Gasteiger partial charge in [-0.15, -0.1) is 11.3 Å². The van der Waals surface area contributed by atoms with Crippen molar-refractivity contribution >= 4 is 22.1 Å². The van der Waals surface area contributed by atoms with E-state index in [0.29, 0.717) is 29.3 Å². The number of rotatable bonds is 6. The van der Waals surface area contributed by atoms with Crippen molar-refractivity contribution in [2.24, 2.45) is 0 Å². The third-order valence-electron chi connectivity index (χ3n) is 4.87. The summed E-state index contributed by atoms with van der Waals surface area (Å²) in [6, 6.07) is 18.6. The van der Waals surface area contributed by atoms with Gasteiger partial charge in [0.25, 0.3) is 0 Å². The van der Waals surface area contributed by atoms with E-state index in [9.17, 15) is 9.50 Å². The SMILES string of the molecule is CCC(O)(c1cc(F)cc(OCc2ccc3ccccc3c2)c1)c1nccs1. The fourth-order valence-corrected chi connectivity index (χ4v) is 4.12. The highest BCUT2D eigenvalue weighted by molar-refractivity contribution is 7.09. The Labute approximate surface area is 167 Å². The van der Waals surface area contributed by atoms with Crippen LogP contribution in [0.5, 0.6) is 5.75 Å². The number of benzene rings is 3. The van der Waals surface area contributed by atoms with E-state index < -0.39 is 11.4 Å². The molecule has 1 atom stereocenters. The van der Waals surface area contributed by atoms with E-state index in [1.165, 1.54) is 23.5 Å². The molecule has 1 heterocycles. The smallest absolute Gasteiger partial charge is 0.141 e. The molecule has 4 aromatic rings. The molecule has 142 valence electrons. The molecule has 0 bridgehead atoms. The second-order valence-corrected chi connectivity index (χ2v) is 7.59. The fraction of sp³-hybridized carbons (Fsp3) is 0.174. The minimum Gasteiger partial charge on any atom is -0.489 e. The van der Waals surface area contributed by atoms with Crippen LogP contribution < -0.4 is 4.74 Å². The standard InChI is InChI=1S/C23H20FNO2S/c1-2-23(26,22-25-9-10-28-22)19-12-20(24)14-21(13-19)27-15-16-7-8-17-5-3-4-6-18(17)11-16/h3-14,26H,2,15H2,1H3. The number of hydrogen-bond donors (Lipinski definition) is 1. The van der Waals surface area contributed by atoms with Gasteiger partial charge in [-0.1, -0.05) is 43.3 Å². The molecular formula is C23H20FNO2S. The normalized spacial score (nSPS) is 13.4. The van der Waals surface area contributed by atoms with Crippen LogP contribution in [0.4, 0.5) is 4.39 Å². The highest BCUT2D eigenvalue weighted by Crippen LogP contribution is 2.36. The Kier molecular flexibility index (Phi) is 5.11. The van der Waals surface area contributed by atoms with Crippen LogP contribution >= 0.6 is 11.3 Å². The predicted octanol–water partition coefficient (Wildman–Crippen LogP) is 5.66. The van der Waals surface area contributed by atoms with Gasteiger partial charge in [0, 0.05) is 17.6 Å². The minimum absolute atomic E-state index is 0.315. The van der Waals surface area contributed by atoms with Gasteiger partial charge in [-0.25, -0.2) is 9.37 Å². The maximum Gasteiger partial charge on any atom is 0.141 e. The quantitative estimate of drug-likeness (QED) is 0.460. The molecule has 4 rings (SSSR count). The Morgan fingerprint density at radius 3 is 2.64 bits per heavy atom. The van der Waals surface area contributed by atoms with Gasteiger partial charge in [-0.05, 0) is 46.5 Å². The van der Waals surface area contributed by atoms with E-state index in [0.717, 1.165) is 16.3 Å². The van der Waals surface area contributed by atoms with E-state index in [4.69, 9.17) is 4.74 Å². The lowest BCUT2D eigenvalue weighted by Gasteiger charge is -2.25. The van der Waals surface area contributed by atoms with Crippen molar-refractivity contribution in [3.05, 3.63) is 94.2 Å². The topological polar surface area (TPSA) is 42.4 Å². The van der Waals surface area contributed by atoms with E-state index >= 15 is 0 Å². The van der Waals surface area contributed by atoms with Crippen LogP contribution in [0.25, 0.3) is 10.8 Å². The van der Waals surface area contributed by atoms with Gasteiger partial charge in [-0.2, -0.15) is 0 Å². The average Bonchev–Trinajstić information content (AvgIpc) is 3.26. The van der Waals surface area contributed by atoms with Gasteiger partial charge >= 0.3 is 0 Å². The second kappa shape index (κ2) is 7.70. The molecule has 0 saturated carbocycles. The zero-order valence-electron chi connectivity index (χ0n) is 15.4. The zero-order chi connectivity index (χ0) is 19.6. The predicted molar refractivity (Wildman–Crippen MR) is 110 cm³/mol. The van der Waals surface area contributed by atoms with E-state index in [2.05, 4.69) is 23.2 Å². The summed E-state index contributed by atoms with van der Waals surface area (Å²) in [5.41, 5.74) is 0.103. The number of aromatic nitrogens is 1. The molecule has 0 radical (unpaired) electrons. The molecule has 3 nitrogen and oxygen atoms in total. The number of fused-ring (bicyclic) bond motifs is 1. The maximum atomic E-state index is 14.3. The van der Waals surface area contributed by atoms with Crippen molar-refractivity contribution in [2.75, 3.05) is 0 Å². The first-order chi connectivity index (χ1) is 13.6. The number of ether oxygens (including phenoxy) is 1. The first kappa shape index (κ1) is 18.6.